The van der Waals surface area contributed by atoms with E-state index < -0.39 is 0 Å². The Labute approximate surface area is 176 Å². The number of fused-ring (bicyclic) bond motifs is 1. The molecule has 0 radical (unpaired) electrons. The lowest BCUT2D eigenvalue weighted by Gasteiger charge is -2.36. The van der Waals surface area contributed by atoms with Gasteiger partial charge in [-0.1, -0.05) is 19.6 Å². The molecule has 1 aliphatic heterocycles. The third kappa shape index (κ3) is 4.17. The van der Waals surface area contributed by atoms with Crippen LogP contribution in [0.4, 0.5) is 15.9 Å². The highest BCUT2D eigenvalue weighted by Gasteiger charge is 2.32. The first-order valence-electron chi connectivity index (χ1n) is 9.54. The van der Waals surface area contributed by atoms with Crippen molar-refractivity contribution in [1.82, 2.24) is 19.7 Å². The molecule has 0 aliphatic carbocycles. The van der Waals surface area contributed by atoms with Crippen molar-refractivity contribution in [2.75, 3.05) is 23.9 Å². The predicted octanol–water partition coefficient (Wildman–Crippen LogP) is 3.08. The summed E-state index contributed by atoms with van der Waals surface area (Å²) in [5.41, 5.74) is 2.81. The number of aryl methyl sites for hydroxylation is 2. The van der Waals surface area contributed by atoms with E-state index in [1.165, 1.54) is 12.1 Å². The Hall–Kier alpha value is -3.29. The van der Waals surface area contributed by atoms with Gasteiger partial charge in [0.15, 0.2) is 5.82 Å². The lowest BCUT2D eigenvalue weighted by atomic mass is 10.1. The number of carbonyl (C=O) groups is 1. The van der Waals surface area contributed by atoms with Crippen molar-refractivity contribution >= 4 is 17.4 Å². The molecule has 2 aromatic heterocycles. The number of rotatable bonds is 5. The number of hydrogen-bond acceptors (Lipinski definition) is 5. The van der Waals surface area contributed by atoms with E-state index >= 15 is 0 Å². The minimum Gasteiger partial charge on any atom is -0.346 e. The van der Waals surface area contributed by atoms with Gasteiger partial charge in [0.2, 0.25) is 5.91 Å². The Kier molecular flexibility index (Phi) is 6.14. The molecule has 1 amide bonds. The maximum atomic E-state index is 13.0. The number of aromatic nitrogens is 4. The van der Waals surface area contributed by atoms with Crippen molar-refractivity contribution in [3.8, 4) is 0 Å². The van der Waals surface area contributed by atoms with Crippen LogP contribution in [-0.4, -0.2) is 45.8 Å². The van der Waals surface area contributed by atoms with E-state index in [-0.39, 0.29) is 25.2 Å². The van der Waals surface area contributed by atoms with Crippen molar-refractivity contribution < 1.29 is 9.18 Å². The molecule has 7 nitrogen and oxygen atoms in total. The van der Waals surface area contributed by atoms with Crippen LogP contribution in [0.3, 0.4) is 0 Å². The van der Waals surface area contributed by atoms with Crippen molar-refractivity contribution in [3.05, 3.63) is 65.6 Å². The highest BCUT2D eigenvalue weighted by atomic mass is 19.1. The second-order valence-electron chi connectivity index (χ2n) is 7.35. The lowest BCUT2D eigenvalue weighted by Crippen LogP contribution is -2.49. The number of hydrogen-bond donors (Lipinski definition) is 0. The molecule has 1 aliphatic rings. The summed E-state index contributed by atoms with van der Waals surface area (Å²) >= 11 is 0. The van der Waals surface area contributed by atoms with Crippen LogP contribution in [0, 0.1) is 5.82 Å². The van der Waals surface area contributed by atoms with E-state index in [0.717, 1.165) is 34.9 Å². The molecular formula is C22H27FN6O. The maximum Gasteiger partial charge on any atom is 0.249 e. The zero-order valence-electron chi connectivity index (χ0n) is 16.7. The van der Waals surface area contributed by atoms with Gasteiger partial charge in [0, 0.05) is 26.7 Å². The van der Waals surface area contributed by atoms with Crippen LogP contribution in [0.5, 0.6) is 0 Å². The number of amides is 1. The number of halogens is 1. The normalized spacial score (nSPS) is 15.7. The first-order valence-corrected chi connectivity index (χ1v) is 9.54. The summed E-state index contributed by atoms with van der Waals surface area (Å²) in [6, 6.07) is 6.18. The summed E-state index contributed by atoms with van der Waals surface area (Å²) in [6.45, 7) is 2.47. The third-order valence-electron chi connectivity index (χ3n) is 5.35. The van der Waals surface area contributed by atoms with Crippen LogP contribution in [0.2, 0.25) is 0 Å². The molecule has 3 heterocycles. The fourth-order valence-corrected chi connectivity index (χ4v) is 3.42. The third-order valence-corrected chi connectivity index (χ3v) is 5.35. The fraction of sp³-hybridized carbons (Fsp3) is 0.364. The zero-order valence-corrected chi connectivity index (χ0v) is 16.7. The van der Waals surface area contributed by atoms with Crippen LogP contribution in [0.15, 0.2) is 42.9 Å². The largest absolute Gasteiger partial charge is 0.346 e. The number of benzene rings is 1. The molecule has 1 aromatic carbocycles. The number of likely N-dealkylation sites (N-methyl/N-ethyl adjacent to an activating group) is 2. The van der Waals surface area contributed by atoms with Gasteiger partial charge in [-0.3, -0.25) is 9.48 Å². The topological polar surface area (TPSA) is 67.2 Å². The molecule has 0 N–H and O–H groups in total. The Balaban J connectivity index is 0.00000256. The van der Waals surface area contributed by atoms with Gasteiger partial charge in [0.1, 0.15) is 23.4 Å². The van der Waals surface area contributed by atoms with Crippen molar-refractivity contribution in [2.45, 2.75) is 39.8 Å². The molecule has 158 valence electrons. The van der Waals surface area contributed by atoms with Gasteiger partial charge in [-0.2, -0.15) is 5.10 Å². The second-order valence-corrected chi connectivity index (χ2v) is 7.35. The SMILES string of the molecule is C.C[C@@H]1C(=O)N(C)c2cnc(CCc3cnn(Cc4ccc(F)cc4)c3)nc2N1C. The standard InChI is InChI=1S/C21H23FN6O.CH4/c1-14-21(29)27(3)18-11-23-19(25-20(18)26(14)2)9-6-16-10-24-28(13-16)12-15-4-7-17(22)8-5-15;/h4-5,7-8,10-11,13-14H,6,9,12H2,1-3H3;1H4/t14-;/m1./s1. The first kappa shape index (κ1) is 21.4. The monoisotopic (exact) mass is 410 g/mol. The molecule has 0 fully saturated rings. The summed E-state index contributed by atoms with van der Waals surface area (Å²) in [6.07, 6.45) is 6.98. The van der Waals surface area contributed by atoms with Gasteiger partial charge in [-0.15, -0.1) is 0 Å². The van der Waals surface area contributed by atoms with Crippen LogP contribution in [-0.2, 0) is 24.2 Å². The quantitative estimate of drug-likeness (QED) is 0.647. The summed E-state index contributed by atoms with van der Waals surface area (Å²) < 4.78 is 14.9. The Bertz CT molecular complexity index is 1030. The van der Waals surface area contributed by atoms with Crippen LogP contribution in [0.25, 0.3) is 0 Å². The Morgan fingerprint density at radius 1 is 1.07 bits per heavy atom. The molecule has 1 atom stereocenters. The fourth-order valence-electron chi connectivity index (χ4n) is 3.42. The summed E-state index contributed by atoms with van der Waals surface area (Å²) in [5, 5.41) is 4.39. The number of nitrogens with zero attached hydrogens (tertiary/aromatic N) is 6. The average Bonchev–Trinajstić information content (AvgIpc) is 3.18. The molecule has 8 heteroatoms. The van der Waals surface area contributed by atoms with Crippen LogP contribution < -0.4 is 9.80 Å². The zero-order chi connectivity index (χ0) is 20.5. The summed E-state index contributed by atoms with van der Waals surface area (Å²) in [5.74, 6) is 1.30. The molecule has 0 saturated carbocycles. The van der Waals surface area contributed by atoms with Crippen molar-refractivity contribution in [2.24, 2.45) is 0 Å². The molecule has 30 heavy (non-hydrogen) atoms. The molecule has 3 aromatic rings. The molecule has 0 unspecified atom stereocenters. The molecule has 0 saturated heterocycles. The van der Waals surface area contributed by atoms with Crippen LogP contribution in [0.1, 0.15) is 31.3 Å². The van der Waals surface area contributed by atoms with E-state index in [0.29, 0.717) is 13.0 Å². The summed E-state index contributed by atoms with van der Waals surface area (Å²) in [7, 11) is 3.63. The van der Waals surface area contributed by atoms with Gasteiger partial charge in [0.25, 0.3) is 0 Å². The smallest absolute Gasteiger partial charge is 0.249 e. The Morgan fingerprint density at radius 3 is 2.53 bits per heavy atom. The van der Waals surface area contributed by atoms with E-state index in [9.17, 15) is 9.18 Å². The molecule has 0 spiro atoms. The number of anilines is 2. The van der Waals surface area contributed by atoms with Crippen molar-refractivity contribution in [1.29, 1.82) is 0 Å². The van der Waals surface area contributed by atoms with Gasteiger partial charge >= 0.3 is 0 Å². The minimum atomic E-state index is -0.250. The predicted molar refractivity (Wildman–Crippen MR) is 115 cm³/mol. The van der Waals surface area contributed by atoms with Gasteiger partial charge in [0.05, 0.1) is 18.9 Å². The molecular weight excluding hydrogens is 383 g/mol. The van der Waals surface area contributed by atoms with E-state index in [4.69, 9.17) is 0 Å². The van der Waals surface area contributed by atoms with Crippen LogP contribution >= 0.6 is 0 Å². The van der Waals surface area contributed by atoms with Gasteiger partial charge in [-0.25, -0.2) is 14.4 Å². The van der Waals surface area contributed by atoms with E-state index in [1.54, 1.807) is 30.3 Å². The minimum absolute atomic E-state index is 0. The highest BCUT2D eigenvalue weighted by Crippen LogP contribution is 2.31. The molecule has 4 rings (SSSR count). The molecule has 0 bridgehead atoms. The Morgan fingerprint density at radius 2 is 1.80 bits per heavy atom. The lowest BCUT2D eigenvalue weighted by molar-refractivity contribution is -0.119. The first-order chi connectivity index (χ1) is 13.9. The maximum absolute atomic E-state index is 13.0. The summed E-state index contributed by atoms with van der Waals surface area (Å²) in [4.78, 5) is 24.9. The van der Waals surface area contributed by atoms with E-state index in [1.807, 2.05) is 35.9 Å². The van der Waals surface area contributed by atoms with Crippen molar-refractivity contribution in [3.63, 3.8) is 0 Å². The number of carbonyl (C=O) groups excluding carboxylic acids is 1. The average molecular weight is 410 g/mol. The highest BCUT2D eigenvalue weighted by molar-refractivity contribution is 6.03. The van der Waals surface area contributed by atoms with E-state index in [2.05, 4.69) is 15.1 Å². The second kappa shape index (κ2) is 8.61. The van der Waals surface area contributed by atoms with Gasteiger partial charge < -0.3 is 9.80 Å². The van der Waals surface area contributed by atoms with Gasteiger partial charge in [-0.05, 0) is 36.6 Å².